The van der Waals surface area contributed by atoms with E-state index >= 15 is 0 Å². The molecule has 1 aromatic rings. The monoisotopic (exact) mass is 279 g/mol. The van der Waals surface area contributed by atoms with Crippen molar-refractivity contribution in [3.05, 3.63) is 29.8 Å². The molecule has 0 aromatic heterocycles. The van der Waals surface area contributed by atoms with E-state index < -0.39 is 24.0 Å². The van der Waals surface area contributed by atoms with E-state index in [4.69, 9.17) is 9.84 Å². The molecule has 0 aliphatic carbocycles. The molecule has 108 valence electrons. The maximum Gasteiger partial charge on any atom is 0.326 e. The van der Waals surface area contributed by atoms with Crippen LogP contribution in [0.2, 0.25) is 0 Å². The van der Waals surface area contributed by atoms with Crippen molar-refractivity contribution >= 4 is 11.9 Å². The van der Waals surface area contributed by atoms with E-state index in [1.807, 2.05) is 19.1 Å². The molecule has 6 nitrogen and oxygen atoms in total. The van der Waals surface area contributed by atoms with Gasteiger partial charge in [-0.15, -0.1) is 0 Å². The van der Waals surface area contributed by atoms with Crippen LogP contribution in [0.4, 0.5) is 0 Å². The molecule has 1 fully saturated rings. The van der Waals surface area contributed by atoms with E-state index in [2.05, 4.69) is 0 Å². The first kappa shape index (κ1) is 14.3. The Labute approximate surface area is 116 Å². The standard InChI is InChI=1S/C14H17NO5/c1-9-2-4-11(5-3-9)20-8-13(17)15-7-10(16)6-12(15)14(18)19/h2-5,10,12,16H,6-8H2,1H3,(H,18,19)/t10-,12-/m1/s1. The first-order chi connectivity index (χ1) is 9.47. The average Bonchev–Trinajstić information content (AvgIpc) is 2.80. The number of hydrogen-bond acceptors (Lipinski definition) is 4. The lowest BCUT2D eigenvalue weighted by atomic mass is 10.2. The largest absolute Gasteiger partial charge is 0.484 e. The van der Waals surface area contributed by atoms with Gasteiger partial charge in [-0.25, -0.2) is 4.79 Å². The minimum absolute atomic E-state index is 0.0348. The molecule has 2 atom stereocenters. The topological polar surface area (TPSA) is 87.1 Å². The highest BCUT2D eigenvalue weighted by atomic mass is 16.5. The van der Waals surface area contributed by atoms with Crippen LogP contribution in [0.5, 0.6) is 5.75 Å². The van der Waals surface area contributed by atoms with E-state index in [9.17, 15) is 14.7 Å². The van der Waals surface area contributed by atoms with Gasteiger partial charge in [-0.05, 0) is 19.1 Å². The number of aliphatic carboxylic acids is 1. The Kier molecular flexibility index (Phi) is 4.24. The summed E-state index contributed by atoms with van der Waals surface area (Å²) in [7, 11) is 0. The summed E-state index contributed by atoms with van der Waals surface area (Å²) in [6.45, 7) is 1.74. The van der Waals surface area contributed by atoms with Crippen molar-refractivity contribution in [3.63, 3.8) is 0 Å². The number of β-amino-alcohol motifs (C(OH)–C–C–N with tert-alkyl or cyclic N) is 1. The molecule has 1 aromatic carbocycles. The van der Waals surface area contributed by atoms with Crippen LogP contribution in [0.25, 0.3) is 0 Å². The van der Waals surface area contributed by atoms with Crippen LogP contribution in [0.15, 0.2) is 24.3 Å². The second-order valence-corrected chi connectivity index (χ2v) is 4.89. The summed E-state index contributed by atoms with van der Waals surface area (Å²) in [5.41, 5.74) is 1.08. The van der Waals surface area contributed by atoms with Gasteiger partial charge in [-0.3, -0.25) is 4.79 Å². The Hall–Kier alpha value is -2.08. The van der Waals surface area contributed by atoms with Crippen molar-refractivity contribution in [2.45, 2.75) is 25.5 Å². The van der Waals surface area contributed by atoms with E-state index in [0.717, 1.165) is 10.5 Å². The van der Waals surface area contributed by atoms with Gasteiger partial charge < -0.3 is 19.8 Å². The summed E-state index contributed by atoms with van der Waals surface area (Å²) in [5.74, 6) is -0.990. The number of carbonyl (C=O) groups excluding carboxylic acids is 1. The van der Waals surface area contributed by atoms with Crippen molar-refractivity contribution < 1.29 is 24.5 Å². The van der Waals surface area contributed by atoms with E-state index in [1.54, 1.807) is 12.1 Å². The van der Waals surface area contributed by atoms with Crippen LogP contribution in [-0.4, -0.2) is 52.3 Å². The molecule has 1 heterocycles. The third-order valence-electron chi connectivity index (χ3n) is 3.27. The Bertz CT molecular complexity index is 499. The quantitative estimate of drug-likeness (QED) is 0.834. The van der Waals surface area contributed by atoms with Crippen molar-refractivity contribution in [1.29, 1.82) is 0 Å². The molecular weight excluding hydrogens is 262 g/mol. The molecule has 0 spiro atoms. The summed E-state index contributed by atoms with van der Waals surface area (Å²) in [6, 6.07) is 6.24. The Morgan fingerprint density at radius 2 is 2.00 bits per heavy atom. The zero-order chi connectivity index (χ0) is 14.7. The number of carboxylic acids is 1. The van der Waals surface area contributed by atoms with Crippen molar-refractivity contribution in [2.75, 3.05) is 13.2 Å². The van der Waals surface area contributed by atoms with Gasteiger partial charge in [0.05, 0.1) is 6.10 Å². The zero-order valence-electron chi connectivity index (χ0n) is 11.2. The molecule has 0 radical (unpaired) electrons. The van der Waals surface area contributed by atoms with E-state index in [1.165, 1.54) is 0 Å². The number of ether oxygens (including phenoxy) is 1. The normalized spacial score (nSPS) is 21.8. The number of carboxylic acid groups (broad SMARTS) is 1. The fourth-order valence-corrected chi connectivity index (χ4v) is 2.19. The summed E-state index contributed by atoms with van der Waals surface area (Å²) in [6.07, 6.45) is -0.731. The highest BCUT2D eigenvalue weighted by molar-refractivity contribution is 5.85. The van der Waals surface area contributed by atoms with Gasteiger partial charge in [0.2, 0.25) is 0 Å². The third kappa shape index (κ3) is 3.27. The van der Waals surface area contributed by atoms with Gasteiger partial charge in [0.1, 0.15) is 11.8 Å². The maximum atomic E-state index is 12.0. The molecule has 0 bridgehead atoms. The van der Waals surface area contributed by atoms with Gasteiger partial charge in [0.25, 0.3) is 5.91 Å². The highest BCUT2D eigenvalue weighted by Gasteiger charge is 2.38. The molecule has 0 unspecified atom stereocenters. The SMILES string of the molecule is Cc1ccc(OCC(=O)N2C[C@H](O)C[C@@H]2C(=O)O)cc1. The van der Waals surface area contributed by atoms with Crippen molar-refractivity contribution in [3.8, 4) is 5.75 Å². The molecule has 1 amide bonds. The predicted octanol–water partition coefficient (Wildman–Crippen LogP) is 0.420. The lowest BCUT2D eigenvalue weighted by Crippen LogP contribution is -2.42. The molecule has 20 heavy (non-hydrogen) atoms. The molecule has 1 aliphatic rings. The first-order valence-corrected chi connectivity index (χ1v) is 6.37. The average molecular weight is 279 g/mol. The number of aliphatic hydroxyl groups excluding tert-OH is 1. The van der Waals surface area contributed by atoms with Gasteiger partial charge >= 0.3 is 5.97 Å². The molecule has 2 rings (SSSR count). The third-order valence-corrected chi connectivity index (χ3v) is 3.27. The minimum atomic E-state index is -1.11. The number of nitrogens with zero attached hydrogens (tertiary/aromatic N) is 1. The van der Waals surface area contributed by atoms with Gasteiger partial charge in [-0.1, -0.05) is 17.7 Å². The van der Waals surface area contributed by atoms with Gasteiger partial charge in [0, 0.05) is 13.0 Å². The van der Waals surface area contributed by atoms with Crippen molar-refractivity contribution in [2.24, 2.45) is 0 Å². The molecule has 1 aliphatic heterocycles. The number of aryl methyl sites for hydroxylation is 1. The number of carbonyl (C=O) groups is 2. The fourth-order valence-electron chi connectivity index (χ4n) is 2.19. The second-order valence-electron chi connectivity index (χ2n) is 4.89. The predicted molar refractivity (Wildman–Crippen MR) is 70.4 cm³/mol. The van der Waals surface area contributed by atoms with E-state index in [-0.39, 0.29) is 19.6 Å². The van der Waals surface area contributed by atoms with Crippen LogP contribution >= 0.6 is 0 Å². The Morgan fingerprint density at radius 1 is 1.35 bits per heavy atom. The zero-order valence-corrected chi connectivity index (χ0v) is 11.2. The summed E-state index contributed by atoms with van der Waals surface area (Å²) in [5, 5.41) is 18.5. The van der Waals surface area contributed by atoms with Crippen LogP contribution in [0, 0.1) is 6.92 Å². The van der Waals surface area contributed by atoms with Gasteiger partial charge in [0.15, 0.2) is 6.61 Å². The lowest BCUT2D eigenvalue weighted by molar-refractivity contribution is -0.148. The minimum Gasteiger partial charge on any atom is -0.484 e. The van der Waals surface area contributed by atoms with Crippen LogP contribution in [-0.2, 0) is 9.59 Å². The summed E-state index contributed by atoms with van der Waals surface area (Å²) < 4.78 is 5.33. The number of likely N-dealkylation sites (tertiary alicyclic amines) is 1. The Morgan fingerprint density at radius 3 is 2.60 bits per heavy atom. The summed E-state index contributed by atoms with van der Waals surface area (Å²) in [4.78, 5) is 24.2. The fraction of sp³-hybridized carbons (Fsp3) is 0.429. The lowest BCUT2D eigenvalue weighted by Gasteiger charge is -2.21. The second kappa shape index (κ2) is 5.92. The van der Waals surface area contributed by atoms with Crippen LogP contribution in [0.1, 0.15) is 12.0 Å². The van der Waals surface area contributed by atoms with E-state index in [0.29, 0.717) is 5.75 Å². The molecule has 0 saturated carbocycles. The highest BCUT2D eigenvalue weighted by Crippen LogP contribution is 2.19. The Balaban J connectivity index is 1.94. The number of rotatable bonds is 4. The summed E-state index contributed by atoms with van der Waals surface area (Å²) >= 11 is 0. The van der Waals surface area contributed by atoms with Crippen LogP contribution < -0.4 is 4.74 Å². The van der Waals surface area contributed by atoms with Crippen LogP contribution in [0.3, 0.4) is 0 Å². The number of aliphatic hydroxyl groups is 1. The number of benzene rings is 1. The first-order valence-electron chi connectivity index (χ1n) is 6.37. The van der Waals surface area contributed by atoms with Crippen molar-refractivity contribution in [1.82, 2.24) is 4.90 Å². The number of amides is 1. The smallest absolute Gasteiger partial charge is 0.326 e. The van der Waals surface area contributed by atoms with Gasteiger partial charge in [-0.2, -0.15) is 0 Å². The molecular formula is C14H17NO5. The molecule has 6 heteroatoms. The molecule has 1 saturated heterocycles. The molecule has 2 N–H and O–H groups in total. The number of hydrogen-bond donors (Lipinski definition) is 2. The maximum absolute atomic E-state index is 12.0.